The summed E-state index contributed by atoms with van der Waals surface area (Å²) in [7, 11) is 0. The highest BCUT2D eigenvalue weighted by Crippen LogP contribution is 2.29. The Kier molecular flexibility index (Phi) is 3.78. The Labute approximate surface area is 119 Å². The molecule has 5 heteroatoms. The van der Waals surface area contributed by atoms with Gasteiger partial charge in [0.2, 0.25) is 0 Å². The van der Waals surface area contributed by atoms with E-state index in [0.29, 0.717) is 38.9 Å². The van der Waals surface area contributed by atoms with Gasteiger partial charge in [-0.3, -0.25) is 0 Å². The second kappa shape index (κ2) is 5.71. The summed E-state index contributed by atoms with van der Waals surface area (Å²) in [5, 5.41) is 0. The molecule has 3 rings (SSSR count). The maximum Gasteiger partial charge on any atom is 0.320 e. The van der Waals surface area contributed by atoms with E-state index in [2.05, 4.69) is 0 Å². The SMILES string of the molecule is Nc1ccc(CN(C(=O)N2CCOCC2)C2CC2)cc1. The predicted octanol–water partition coefficient (Wildman–Crippen LogP) is 1.69. The standard InChI is InChI=1S/C15H21N3O2/c16-13-3-1-12(2-4-13)11-18(14-5-6-14)15(19)17-7-9-20-10-8-17/h1-4,14H,5-11,16H2. The number of ether oxygens (including phenoxy) is 1. The smallest absolute Gasteiger partial charge is 0.320 e. The Hall–Kier alpha value is -1.75. The third kappa shape index (κ3) is 3.04. The minimum Gasteiger partial charge on any atom is -0.399 e. The fourth-order valence-electron chi connectivity index (χ4n) is 2.50. The van der Waals surface area contributed by atoms with Gasteiger partial charge < -0.3 is 20.3 Å². The lowest BCUT2D eigenvalue weighted by molar-refractivity contribution is 0.0418. The van der Waals surface area contributed by atoms with Gasteiger partial charge in [0.25, 0.3) is 0 Å². The molecule has 1 aromatic carbocycles. The van der Waals surface area contributed by atoms with Gasteiger partial charge in [0.05, 0.1) is 13.2 Å². The van der Waals surface area contributed by atoms with Gasteiger partial charge in [-0.15, -0.1) is 0 Å². The van der Waals surface area contributed by atoms with E-state index in [4.69, 9.17) is 10.5 Å². The first-order valence-corrected chi connectivity index (χ1v) is 7.22. The molecule has 2 aliphatic rings. The van der Waals surface area contributed by atoms with Crippen molar-refractivity contribution < 1.29 is 9.53 Å². The first kappa shape index (κ1) is 13.2. The van der Waals surface area contributed by atoms with Crippen LogP contribution in [0.15, 0.2) is 24.3 Å². The number of morpholine rings is 1. The number of amides is 2. The maximum atomic E-state index is 12.6. The number of hydrogen-bond acceptors (Lipinski definition) is 3. The van der Waals surface area contributed by atoms with Crippen LogP contribution in [0.1, 0.15) is 18.4 Å². The Morgan fingerprint density at radius 1 is 1.25 bits per heavy atom. The zero-order valence-corrected chi connectivity index (χ0v) is 11.6. The molecule has 0 spiro atoms. The van der Waals surface area contributed by atoms with Gasteiger partial charge in [-0.05, 0) is 30.5 Å². The summed E-state index contributed by atoms with van der Waals surface area (Å²) < 4.78 is 5.31. The molecule has 108 valence electrons. The van der Waals surface area contributed by atoms with Crippen molar-refractivity contribution in [2.75, 3.05) is 32.0 Å². The summed E-state index contributed by atoms with van der Waals surface area (Å²) in [6.45, 7) is 3.35. The first-order chi connectivity index (χ1) is 9.74. The molecular formula is C15H21N3O2. The van der Waals surface area contributed by atoms with Gasteiger partial charge in [-0.2, -0.15) is 0 Å². The molecule has 2 amide bonds. The fourth-order valence-corrected chi connectivity index (χ4v) is 2.50. The largest absolute Gasteiger partial charge is 0.399 e. The van der Waals surface area contributed by atoms with Crippen LogP contribution >= 0.6 is 0 Å². The monoisotopic (exact) mass is 275 g/mol. The summed E-state index contributed by atoms with van der Waals surface area (Å²) in [6, 6.07) is 8.32. The van der Waals surface area contributed by atoms with Gasteiger partial charge in [0, 0.05) is 31.4 Å². The Morgan fingerprint density at radius 2 is 1.90 bits per heavy atom. The van der Waals surface area contributed by atoms with Crippen molar-refractivity contribution in [2.45, 2.75) is 25.4 Å². The molecule has 0 bridgehead atoms. The molecule has 1 saturated carbocycles. The Balaban J connectivity index is 1.68. The minimum absolute atomic E-state index is 0.146. The van der Waals surface area contributed by atoms with Crippen LogP contribution in [0.5, 0.6) is 0 Å². The summed E-state index contributed by atoms with van der Waals surface area (Å²) in [4.78, 5) is 16.5. The van der Waals surface area contributed by atoms with Gasteiger partial charge >= 0.3 is 6.03 Å². The molecule has 0 radical (unpaired) electrons. The predicted molar refractivity (Wildman–Crippen MR) is 77.2 cm³/mol. The lowest BCUT2D eigenvalue weighted by Gasteiger charge is -2.33. The molecule has 0 unspecified atom stereocenters. The third-order valence-electron chi connectivity index (χ3n) is 3.85. The molecule has 0 aromatic heterocycles. The van der Waals surface area contributed by atoms with Crippen LogP contribution in [0.2, 0.25) is 0 Å². The van der Waals surface area contributed by atoms with Crippen molar-refractivity contribution >= 4 is 11.7 Å². The number of carbonyl (C=O) groups is 1. The summed E-state index contributed by atoms with van der Waals surface area (Å²) >= 11 is 0. The van der Waals surface area contributed by atoms with Gasteiger partial charge in [0.1, 0.15) is 0 Å². The van der Waals surface area contributed by atoms with Crippen molar-refractivity contribution in [1.82, 2.24) is 9.80 Å². The topological polar surface area (TPSA) is 58.8 Å². The number of nitrogens with zero attached hydrogens (tertiary/aromatic N) is 2. The van der Waals surface area contributed by atoms with Crippen LogP contribution in [-0.2, 0) is 11.3 Å². The average molecular weight is 275 g/mol. The van der Waals surface area contributed by atoms with E-state index in [1.54, 1.807) is 0 Å². The van der Waals surface area contributed by atoms with E-state index in [1.807, 2.05) is 34.1 Å². The van der Waals surface area contributed by atoms with Gasteiger partial charge in [-0.1, -0.05) is 12.1 Å². The Bertz CT molecular complexity index is 465. The summed E-state index contributed by atoms with van der Waals surface area (Å²) in [5.74, 6) is 0. The fraction of sp³-hybridized carbons (Fsp3) is 0.533. The Morgan fingerprint density at radius 3 is 2.50 bits per heavy atom. The van der Waals surface area contributed by atoms with Crippen LogP contribution in [0.25, 0.3) is 0 Å². The average Bonchev–Trinajstić information content (AvgIpc) is 3.31. The minimum atomic E-state index is 0.146. The quantitative estimate of drug-likeness (QED) is 0.854. The van der Waals surface area contributed by atoms with E-state index in [9.17, 15) is 4.79 Å². The lowest BCUT2D eigenvalue weighted by atomic mass is 10.2. The number of carbonyl (C=O) groups excluding carboxylic acids is 1. The highest BCUT2D eigenvalue weighted by molar-refractivity contribution is 5.75. The van der Waals surface area contributed by atoms with Crippen molar-refractivity contribution in [3.8, 4) is 0 Å². The molecule has 2 fully saturated rings. The van der Waals surface area contributed by atoms with Crippen molar-refractivity contribution in [3.63, 3.8) is 0 Å². The molecule has 5 nitrogen and oxygen atoms in total. The maximum absolute atomic E-state index is 12.6. The molecule has 1 aliphatic carbocycles. The molecular weight excluding hydrogens is 254 g/mol. The van der Waals surface area contributed by atoms with Gasteiger partial charge in [0.15, 0.2) is 0 Å². The number of benzene rings is 1. The van der Waals surface area contributed by atoms with E-state index < -0.39 is 0 Å². The number of urea groups is 1. The van der Waals surface area contributed by atoms with E-state index in [1.165, 1.54) is 0 Å². The van der Waals surface area contributed by atoms with Crippen LogP contribution < -0.4 is 5.73 Å². The summed E-state index contributed by atoms with van der Waals surface area (Å²) in [6.07, 6.45) is 2.23. The van der Waals surface area contributed by atoms with Crippen molar-refractivity contribution in [3.05, 3.63) is 29.8 Å². The first-order valence-electron chi connectivity index (χ1n) is 7.22. The van der Waals surface area contributed by atoms with Crippen molar-refractivity contribution in [2.24, 2.45) is 0 Å². The van der Waals surface area contributed by atoms with E-state index in [-0.39, 0.29) is 6.03 Å². The second-order valence-corrected chi connectivity index (χ2v) is 5.48. The van der Waals surface area contributed by atoms with Gasteiger partial charge in [-0.25, -0.2) is 4.79 Å². The molecule has 0 atom stereocenters. The van der Waals surface area contributed by atoms with Crippen LogP contribution in [0.4, 0.5) is 10.5 Å². The third-order valence-corrected chi connectivity index (χ3v) is 3.85. The molecule has 20 heavy (non-hydrogen) atoms. The number of rotatable bonds is 3. The van der Waals surface area contributed by atoms with Crippen LogP contribution in [0.3, 0.4) is 0 Å². The van der Waals surface area contributed by atoms with Crippen molar-refractivity contribution in [1.29, 1.82) is 0 Å². The normalized spacial score (nSPS) is 18.9. The molecule has 1 aliphatic heterocycles. The second-order valence-electron chi connectivity index (χ2n) is 5.48. The molecule has 1 aromatic rings. The highest BCUT2D eigenvalue weighted by atomic mass is 16.5. The summed E-state index contributed by atoms with van der Waals surface area (Å²) in [5.41, 5.74) is 7.59. The molecule has 1 heterocycles. The van der Waals surface area contributed by atoms with E-state index >= 15 is 0 Å². The number of nitrogens with two attached hydrogens (primary N) is 1. The number of nitrogen functional groups attached to an aromatic ring is 1. The zero-order valence-electron chi connectivity index (χ0n) is 11.6. The van der Waals surface area contributed by atoms with E-state index in [0.717, 1.165) is 24.1 Å². The van der Waals surface area contributed by atoms with Crippen LogP contribution in [-0.4, -0.2) is 48.2 Å². The highest BCUT2D eigenvalue weighted by Gasteiger charge is 2.35. The number of hydrogen-bond donors (Lipinski definition) is 1. The zero-order chi connectivity index (χ0) is 13.9. The lowest BCUT2D eigenvalue weighted by Crippen LogP contribution is -2.48. The molecule has 2 N–H and O–H groups in total. The van der Waals surface area contributed by atoms with Crippen LogP contribution in [0, 0.1) is 0 Å². The molecule has 1 saturated heterocycles. The number of anilines is 1.